The van der Waals surface area contributed by atoms with Gasteiger partial charge in [0.05, 0.1) is 10.5 Å². The van der Waals surface area contributed by atoms with Gasteiger partial charge in [-0.1, -0.05) is 12.1 Å². The van der Waals surface area contributed by atoms with E-state index in [1.807, 2.05) is 12.1 Å². The first kappa shape index (κ1) is 16.4. The predicted octanol–water partition coefficient (Wildman–Crippen LogP) is 1.33. The summed E-state index contributed by atoms with van der Waals surface area (Å²) >= 11 is 0. The molecule has 0 bridgehead atoms. The van der Waals surface area contributed by atoms with E-state index < -0.39 is 15.6 Å². The van der Waals surface area contributed by atoms with Gasteiger partial charge < -0.3 is 10.4 Å². The van der Waals surface area contributed by atoms with Crippen LogP contribution in [-0.2, 0) is 16.6 Å². The molecule has 0 atom stereocenters. The Kier molecular flexibility index (Phi) is 4.72. The van der Waals surface area contributed by atoms with E-state index in [9.17, 15) is 13.5 Å². The molecule has 0 aliphatic heterocycles. The lowest BCUT2D eigenvalue weighted by molar-refractivity contribution is 0.0640. The monoisotopic (exact) mass is 312 g/mol. The molecule has 0 amide bonds. The van der Waals surface area contributed by atoms with E-state index in [1.165, 1.54) is 24.2 Å². The summed E-state index contributed by atoms with van der Waals surface area (Å²) < 4.78 is 26.0. The average molecular weight is 312 g/mol. The van der Waals surface area contributed by atoms with Crippen LogP contribution in [0.1, 0.15) is 32.3 Å². The Morgan fingerprint density at radius 2 is 1.86 bits per heavy atom. The van der Waals surface area contributed by atoms with Gasteiger partial charge >= 0.3 is 0 Å². The number of rotatable bonds is 7. The molecule has 118 valence electrons. The zero-order valence-electron chi connectivity index (χ0n) is 12.8. The van der Waals surface area contributed by atoms with Crippen molar-refractivity contribution in [3.05, 3.63) is 29.8 Å². The number of hydrogen-bond acceptors (Lipinski definition) is 4. The Hall–Kier alpha value is -0.950. The van der Waals surface area contributed by atoms with Crippen LogP contribution in [0.25, 0.3) is 0 Å². The van der Waals surface area contributed by atoms with Crippen LogP contribution in [-0.4, -0.2) is 43.1 Å². The number of nitrogens with zero attached hydrogens (tertiary/aromatic N) is 1. The van der Waals surface area contributed by atoms with Crippen molar-refractivity contribution in [2.45, 2.75) is 49.8 Å². The van der Waals surface area contributed by atoms with Gasteiger partial charge in [-0.25, -0.2) is 8.42 Å². The second-order valence-corrected chi connectivity index (χ2v) is 8.42. The molecular weight excluding hydrogens is 288 g/mol. The quantitative estimate of drug-likeness (QED) is 0.797. The van der Waals surface area contributed by atoms with Crippen molar-refractivity contribution >= 4 is 10.0 Å². The van der Waals surface area contributed by atoms with Gasteiger partial charge in [0.1, 0.15) is 0 Å². The molecule has 1 saturated carbocycles. The van der Waals surface area contributed by atoms with Crippen LogP contribution in [0, 0.1) is 0 Å². The lowest BCUT2D eigenvalue weighted by Crippen LogP contribution is -2.39. The minimum Gasteiger partial charge on any atom is -0.389 e. The zero-order chi connectivity index (χ0) is 15.7. The first-order chi connectivity index (χ1) is 9.68. The normalized spacial score (nSPS) is 16.4. The minimum atomic E-state index is -3.55. The standard InChI is InChI=1S/C15H24N2O3S/c1-15(2,18)11-17(3)21(19,20)14-8-4-12(5-9-14)10-16-13-6-7-13/h4-5,8-9,13,16,18H,6-7,10-11H2,1-3H3. The maximum absolute atomic E-state index is 12.4. The minimum absolute atomic E-state index is 0.0559. The molecule has 21 heavy (non-hydrogen) atoms. The Morgan fingerprint density at radius 3 is 2.33 bits per heavy atom. The highest BCUT2D eigenvalue weighted by Gasteiger charge is 2.26. The molecule has 5 nitrogen and oxygen atoms in total. The van der Waals surface area contributed by atoms with Gasteiger partial charge in [0.2, 0.25) is 10.0 Å². The van der Waals surface area contributed by atoms with Gasteiger partial charge in [0.15, 0.2) is 0 Å². The van der Waals surface area contributed by atoms with E-state index in [0.29, 0.717) is 6.04 Å². The Balaban J connectivity index is 2.04. The summed E-state index contributed by atoms with van der Waals surface area (Å²) in [5.74, 6) is 0. The van der Waals surface area contributed by atoms with E-state index in [0.717, 1.165) is 12.1 Å². The van der Waals surface area contributed by atoms with Crippen molar-refractivity contribution in [3.8, 4) is 0 Å². The molecule has 0 spiro atoms. The molecule has 1 aliphatic carbocycles. The van der Waals surface area contributed by atoms with Gasteiger partial charge in [0.25, 0.3) is 0 Å². The fourth-order valence-electron chi connectivity index (χ4n) is 2.14. The third kappa shape index (κ3) is 4.78. The van der Waals surface area contributed by atoms with Gasteiger partial charge in [-0.3, -0.25) is 0 Å². The van der Waals surface area contributed by atoms with E-state index >= 15 is 0 Å². The Bertz CT molecular complexity index is 572. The molecular formula is C15H24N2O3S. The van der Waals surface area contributed by atoms with Crippen molar-refractivity contribution in [1.82, 2.24) is 9.62 Å². The van der Waals surface area contributed by atoms with Crippen molar-refractivity contribution < 1.29 is 13.5 Å². The summed E-state index contributed by atoms with van der Waals surface area (Å²) in [6.45, 7) is 4.00. The highest BCUT2D eigenvalue weighted by Crippen LogP contribution is 2.20. The maximum Gasteiger partial charge on any atom is 0.242 e. The van der Waals surface area contributed by atoms with Gasteiger partial charge in [-0.2, -0.15) is 4.31 Å². The van der Waals surface area contributed by atoms with E-state index in [-0.39, 0.29) is 11.4 Å². The summed E-state index contributed by atoms with van der Waals surface area (Å²) in [5, 5.41) is 13.1. The third-order valence-corrected chi connectivity index (χ3v) is 5.23. The fourth-order valence-corrected chi connectivity index (χ4v) is 3.46. The van der Waals surface area contributed by atoms with Crippen LogP contribution in [0.4, 0.5) is 0 Å². The molecule has 1 fully saturated rings. The van der Waals surface area contributed by atoms with E-state index in [2.05, 4.69) is 5.32 Å². The topological polar surface area (TPSA) is 69.6 Å². The van der Waals surface area contributed by atoms with Crippen LogP contribution in [0.3, 0.4) is 0 Å². The number of aliphatic hydroxyl groups is 1. The smallest absolute Gasteiger partial charge is 0.242 e. The second-order valence-electron chi connectivity index (χ2n) is 6.37. The zero-order valence-corrected chi connectivity index (χ0v) is 13.7. The van der Waals surface area contributed by atoms with Crippen molar-refractivity contribution in [2.24, 2.45) is 0 Å². The molecule has 2 rings (SSSR count). The first-order valence-electron chi connectivity index (χ1n) is 7.19. The predicted molar refractivity (Wildman–Crippen MR) is 82.4 cm³/mol. The van der Waals surface area contributed by atoms with E-state index in [4.69, 9.17) is 0 Å². The molecule has 1 aliphatic rings. The number of likely N-dealkylation sites (N-methyl/N-ethyl adjacent to an activating group) is 1. The van der Waals surface area contributed by atoms with E-state index in [1.54, 1.807) is 26.0 Å². The molecule has 2 N–H and O–H groups in total. The Morgan fingerprint density at radius 1 is 1.29 bits per heavy atom. The number of benzene rings is 1. The number of hydrogen-bond donors (Lipinski definition) is 2. The first-order valence-corrected chi connectivity index (χ1v) is 8.63. The lowest BCUT2D eigenvalue weighted by Gasteiger charge is -2.25. The molecule has 0 aromatic heterocycles. The summed E-state index contributed by atoms with van der Waals surface area (Å²) in [7, 11) is -2.07. The van der Waals surface area contributed by atoms with Crippen molar-refractivity contribution in [2.75, 3.05) is 13.6 Å². The van der Waals surface area contributed by atoms with Crippen LogP contribution in [0.15, 0.2) is 29.2 Å². The van der Waals surface area contributed by atoms with Gasteiger partial charge in [0, 0.05) is 26.2 Å². The average Bonchev–Trinajstić information content (AvgIpc) is 3.19. The molecule has 0 saturated heterocycles. The maximum atomic E-state index is 12.4. The molecule has 6 heteroatoms. The van der Waals surface area contributed by atoms with Crippen LogP contribution >= 0.6 is 0 Å². The van der Waals surface area contributed by atoms with Crippen LogP contribution in [0.5, 0.6) is 0 Å². The van der Waals surface area contributed by atoms with Crippen molar-refractivity contribution in [3.63, 3.8) is 0 Å². The molecule has 1 aromatic carbocycles. The van der Waals surface area contributed by atoms with Crippen molar-refractivity contribution in [1.29, 1.82) is 0 Å². The SMILES string of the molecule is CN(CC(C)(C)O)S(=O)(=O)c1ccc(CNC2CC2)cc1. The second kappa shape index (κ2) is 6.04. The molecule has 1 aromatic rings. The summed E-state index contributed by atoms with van der Waals surface area (Å²) in [6.07, 6.45) is 2.46. The molecule has 0 heterocycles. The molecule has 0 radical (unpaired) electrons. The third-order valence-electron chi connectivity index (χ3n) is 3.41. The lowest BCUT2D eigenvalue weighted by atomic mass is 10.1. The Labute approximate surface area is 127 Å². The van der Waals surface area contributed by atoms with Gasteiger partial charge in [-0.05, 0) is 44.4 Å². The number of sulfonamides is 1. The fraction of sp³-hybridized carbons (Fsp3) is 0.600. The number of nitrogens with one attached hydrogen (secondary N) is 1. The highest BCUT2D eigenvalue weighted by atomic mass is 32.2. The summed E-state index contributed by atoms with van der Waals surface area (Å²) in [4.78, 5) is 0.254. The van der Waals surface area contributed by atoms with Gasteiger partial charge in [-0.15, -0.1) is 0 Å². The largest absolute Gasteiger partial charge is 0.389 e. The van der Waals surface area contributed by atoms with Crippen LogP contribution < -0.4 is 5.32 Å². The summed E-state index contributed by atoms with van der Waals surface area (Å²) in [5.41, 5.74) is 0.0154. The van der Waals surface area contributed by atoms with Crippen LogP contribution in [0.2, 0.25) is 0 Å². The molecule has 0 unspecified atom stereocenters. The highest BCUT2D eigenvalue weighted by molar-refractivity contribution is 7.89. The summed E-state index contributed by atoms with van der Waals surface area (Å²) in [6, 6.07) is 7.55.